The number of benzene rings is 1. The van der Waals surface area contributed by atoms with Crippen LogP contribution in [-0.4, -0.2) is 122 Å². The number of azide groups is 1. The summed E-state index contributed by atoms with van der Waals surface area (Å²) in [5.41, 5.74) is 20.0. The molecule has 0 bridgehead atoms. The summed E-state index contributed by atoms with van der Waals surface area (Å²) in [5, 5.41) is 28.3. The second-order valence-corrected chi connectivity index (χ2v) is 15.6. The fourth-order valence-electron chi connectivity index (χ4n) is 6.03. The Balaban J connectivity index is 1.13. The quantitative estimate of drug-likeness (QED) is 0.0219. The van der Waals surface area contributed by atoms with Crippen LogP contribution in [0.5, 0.6) is 0 Å². The minimum atomic E-state index is -5.39. The Hall–Kier alpha value is -5.64. The summed E-state index contributed by atoms with van der Waals surface area (Å²) in [6, 6.07) is 7.34. The molecule has 9 atom stereocenters. The molecule has 2 saturated heterocycles. The predicted molar refractivity (Wildman–Crippen MR) is 199 cm³/mol. The van der Waals surface area contributed by atoms with E-state index in [0.29, 0.717) is 11.3 Å². The standard InChI is InChI=1S/C30H36N12O17P2/c31-18-6-8-41(29(46)38-18)27-22(45)24(17(57-27)10-54-60(48,49)50)59-61(51,52)55-11-16-23(21(44)28(56-16)42-13-37-20-25(32)35-12-36-26(20)42)58-19(43)5-7-34-30(47)53-9-14-1-3-15(4-2-14)39-40-33/h1-4,6,8,12-13,16-17,21-24,27-28,44-45H,5,7,9-11H2,(H,34,47)(H,51,52)(H2,31,38,46)(H2,32,35,36)(H2,48,49,50)/t16?,17-,21?,22-,23?,24-,27-,28?/m1/s1. The average molecular weight is 899 g/mol. The molecule has 2 aliphatic heterocycles. The normalized spacial score (nSPS) is 24.8. The van der Waals surface area contributed by atoms with E-state index in [1.807, 2.05) is 0 Å². The first-order valence-electron chi connectivity index (χ1n) is 17.5. The second-order valence-electron chi connectivity index (χ2n) is 12.9. The zero-order valence-corrected chi connectivity index (χ0v) is 32.8. The van der Waals surface area contributed by atoms with Gasteiger partial charge in [-0.05, 0) is 17.2 Å². The highest BCUT2D eigenvalue weighted by atomic mass is 31.2. The van der Waals surface area contributed by atoms with Crippen LogP contribution < -0.4 is 22.5 Å². The molecule has 1 aromatic carbocycles. The molecule has 2 aliphatic rings. The Bertz CT molecular complexity index is 2430. The van der Waals surface area contributed by atoms with Gasteiger partial charge in [0.05, 0.1) is 26.0 Å². The number of ether oxygens (including phenoxy) is 4. The maximum Gasteiger partial charge on any atom is 0.472 e. The summed E-state index contributed by atoms with van der Waals surface area (Å²) in [6.45, 7) is -2.45. The average Bonchev–Trinajstić information content (AvgIpc) is 3.86. The lowest BCUT2D eigenvalue weighted by Gasteiger charge is -2.25. The molecule has 0 saturated carbocycles. The van der Waals surface area contributed by atoms with Crippen molar-refractivity contribution in [2.75, 3.05) is 31.2 Å². The number of hydrogen-bond donors (Lipinski definition) is 8. The van der Waals surface area contributed by atoms with E-state index in [1.165, 1.54) is 23.0 Å². The molecule has 0 spiro atoms. The summed E-state index contributed by atoms with van der Waals surface area (Å²) in [4.78, 5) is 85.4. The van der Waals surface area contributed by atoms with Gasteiger partial charge in [0.2, 0.25) is 0 Å². The summed E-state index contributed by atoms with van der Waals surface area (Å²) >= 11 is 0. The first-order valence-corrected chi connectivity index (χ1v) is 20.5. The summed E-state index contributed by atoms with van der Waals surface area (Å²) < 4.78 is 63.7. The maximum absolute atomic E-state index is 13.4. The van der Waals surface area contributed by atoms with Crippen LogP contribution in [0, 0.1) is 0 Å². The number of anilines is 2. The topological polar surface area (TPSA) is 425 Å². The molecule has 0 aliphatic carbocycles. The van der Waals surface area contributed by atoms with Crippen LogP contribution in [0.3, 0.4) is 0 Å². The van der Waals surface area contributed by atoms with Gasteiger partial charge in [-0.2, -0.15) is 4.98 Å². The molecule has 1 amide bonds. The monoisotopic (exact) mass is 898 g/mol. The number of fused-ring (bicyclic) bond motifs is 1. The summed E-state index contributed by atoms with van der Waals surface area (Å²) in [6.07, 6.45) is -11.7. The number of imidazole rings is 1. The van der Waals surface area contributed by atoms with E-state index in [0.717, 1.165) is 23.2 Å². The number of nitrogens with zero attached hydrogens (tertiary/aromatic N) is 9. The number of aromatic nitrogens is 6. The van der Waals surface area contributed by atoms with Gasteiger partial charge in [-0.1, -0.05) is 29.4 Å². The number of phosphoric ester groups is 2. The van der Waals surface area contributed by atoms with Gasteiger partial charge in [0, 0.05) is 23.3 Å². The summed E-state index contributed by atoms with van der Waals surface area (Å²) in [7, 11) is -10.6. The van der Waals surface area contributed by atoms with E-state index in [-0.39, 0.29) is 36.0 Å². The third-order valence-corrected chi connectivity index (χ3v) is 10.3. The number of phosphoric acid groups is 2. The van der Waals surface area contributed by atoms with Gasteiger partial charge in [0.25, 0.3) is 0 Å². The van der Waals surface area contributed by atoms with Gasteiger partial charge in [-0.15, -0.1) is 0 Å². The molecule has 5 heterocycles. The number of nitrogens with one attached hydrogen (secondary N) is 1. The van der Waals surface area contributed by atoms with Gasteiger partial charge in [-0.3, -0.25) is 27.5 Å². The van der Waals surface area contributed by atoms with E-state index < -0.39 is 102 Å². The van der Waals surface area contributed by atoms with Crippen LogP contribution in [0.1, 0.15) is 24.4 Å². The van der Waals surface area contributed by atoms with E-state index in [9.17, 15) is 48.4 Å². The zero-order chi connectivity index (χ0) is 44.1. The fourth-order valence-corrected chi connectivity index (χ4v) is 7.33. The molecular formula is C30H36N12O17P2. The highest BCUT2D eigenvalue weighted by Crippen LogP contribution is 2.50. The number of carbonyl (C=O) groups is 2. The first kappa shape index (κ1) is 44.9. The number of carbonyl (C=O) groups excluding carboxylic acids is 2. The van der Waals surface area contributed by atoms with Crippen molar-refractivity contribution in [3.63, 3.8) is 0 Å². The van der Waals surface area contributed by atoms with Gasteiger partial charge >= 0.3 is 33.4 Å². The van der Waals surface area contributed by atoms with Crippen LogP contribution in [0.4, 0.5) is 22.1 Å². The van der Waals surface area contributed by atoms with Gasteiger partial charge in [0.15, 0.2) is 30.0 Å². The predicted octanol–water partition coefficient (Wildman–Crippen LogP) is -0.454. The molecule has 6 rings (SSSR count). The molecule has 5 unspecified atom stereocenters. The number of aliphatic hydroxyl groups is 2. The molecule has 2 fully saturated rings. The SMILES string of the molecule is [N-]=[N+]=Nc1ccc(COC(=O)NCCC(=O)OC2C(COP(=O)(O)O[C@H]3[C@@H](O)[C@H](n4ccc(N)nc4=O)O[C@@H]3COP(=O)(O)O)OC(n3cnc4c(N)ncnc43)C2O)cc1. The first-order chi connectivity index (χ1) is 28.9. The number of esters is 1. The van der Waals surface area contributed by atoms with Crippen molar-refractivity contribution < 1.29 is 76.1 Å². The number of nitrogens with two attached hydrogens (primary N) is 2. The lowest BCUT2D eigenvalue weighted by Crippen LogP contribution is -2.39. The lowest BCUT2D eigenvalue weighted by molar-refractivity contribution is -0.156. The molecule has 29 nitrogen and oxygen atoms in total. The lowest BCUT2D eigenvalue weighted by atomic mass is 10.1. The summed E-state index contributed by atoms with van der Waals surface area (Å²) in [5.74, 6) is -1.20. The molecule has 4 aromatic rings. The van der Waals surface area contributed by atoms with Crippen LogP contribution in [0.2, 0.25) is 0 Å². The van der Waals surface area contributed by atoms with Gasteiger partial charge in [0.1, 0.15) is 54.8 Å². The fraction of sp³-hybridized carbons (Fsp3) is 0.433. The van der Waals surface area contributed by atoms with Crippen LogP contribution >= 0.6 is 15.6 Å². The smallest absolute Gasteiger partial charge is 0.456 e. The van der Waals surface area contributed by atoms with Gasteiger partial charge in [-0.25, -0.2) is 33.7 Å². The van der Waals surface area contributed by atoms with Crippen molar-refractivity contribution in [3.8, 4) is 0 Å². The molecule has 10 N–H and O–H groups in total. The van der Waals surface area contributed by atoms with Crippen molar-refractivity contribution in [3.05, 3.63) is 75.7 Å². The molecule has 0 radical (unpaired) electrons. The molecule has 31 heteroatoms. The number of rotatable bonds is 17. The Morgan fingerprint density at radius 2 is 1.62 bits per heavy atom. The molecule has 328 valence electrons. The van der Waals surface area contributed by atoms with Gasteiger partial charge < -0.3 is 60.6 Å². The van der Waals surface area contributed by atoms with E-state index in [2.05, 4.69) is 39.8 Å². The third-order valence-electron chi connectivity index (χ3n) is 8.80. The third kappa shape index (κ3) is 11.2. The zero-order valence-electron chi connectivity index (χ0n) is 31.0. The highest BCUT2D eigenvalue weighted by molar-refractivity contribution is 7.47. The minimum absolute atomic E-state index is 0.0194. The Morgan fingerprint density at radius 3 is 2.31 bits per heavy atom. The number of amides is 1. The van der Waals surface area contributed by atoms with Crippen molar-refractivity contribution in [2.45, 2.75) is 62.1 Å². The minimum Gasteiger partial charge on any atom is -0.456 e. The Morgan fingerprint density at radius 1 is 0.951 bits per heavy atom. The number of aliphatic hydroxyl groups excluding tert-OH is 2. The van der Waals surface area contributed by atoms with E-state index in [1.54, 1.807) is 12.1 Å². The van der Waals surface area contributed by atoms with Crippen molar-refractivity contribution in [2.24, 2.45) is 5.11 Å². The molecule has 3 aromatic heterocycles. The molecule has 61 heavy (non-hydrogen) atoms. The largest absolute Gasteiger partial charge is 0.472 e. The highest BCUT2D eigenvalue weighted by Gasteiger charge is 2.52. The number of hydrogen-bond acceptors (Lipinski definition) is 21. The van der Waals surface area contributed by atoms with E-state index >= 15 is 0 Å². The number of alkyl carbamates (subject to hydrolysis) is 1. The Kier molecular flexibility index (Phi) is 14.0. The maximum atomic E-state index is 13.4. The van der Waals surface area contributed by atoms with Crippen LogP contribution in [0.15, 0.2) is 59.1 Å². The second kappa shape index (κ2) is 19.0. The van der Waals surface area contributed by atoms with Crippen LogP contribution in [0.25, 0.3) is 21.6 Å². The van der Waals surface area contributed by atoms with E-state index in [4.69, 9.17) is 45.0 Å². The molecular weight excluding hydrogens is 862 g/mol. The Labute approximate surface area is 340 Å². The van der Waals surface area contributed by atoms with Crippen molar-refractivity contribution >= 4 is 56.2 Å². The van der Waals surface area contributed by atoms with Crippen molar-refractivity contribution in [1.82, 2.24) is 34.4 Å². The van der Waals surface area contributed by atoms with Crippen LogP contribution in [-0.2, 0) is 53.1 Å². The number of nitrogen functional groups attached to an aromatic ring is 2. The van der Waals surface area contributed by atoms with Crippen molar-refractivity contribution in [1.29, 1.82) is 0 Å².